The normalized spacial score (nSPS) is 18.4. The maximum atomic E-state index is 11.9. The van der Waals surface area contributed by atoms with E-state index >= 15 is 0 Å². The summed E-state index contributed by atoms with van der Waals surface area (Å²) in [4.78, 5) is 23.9. The Kier molecular flexibility index (Phi) is 4.90. The van der Waals surface area contributed by atoms with Crippen molar-refractivity contribution in [1.29, 1.82) is 0 Å². The number of esters is 1. The van der Waals surface area contributed by atoms with Gasteiger partial charge in [-0.15, -0.1) is 0 Å². The summed E-state index contributed by atoms with van der Waals surface area (Å²) in [5.74, 6) is -0.361. The lowest BCUT2D eigenvalue weighted by molar-refractivity contribution is -0.384. The van der Waals surface area contributed by atoms with Gasteiger partial charge in [0.05, 0.1) is 27.8 Å². The van der Waals surface area contributed by atoms with Gasteiger partial charge in [0, 0.05) is 18.7 Å². The van der Waals surface area contributed by atoms with Gasteiger partial charge in [0.2, 0.25) is 0 Å². The Morgan fingerprint density at radius 3 is 2.52 bits per heavy atom. The largest absolute Gasteiger partial charge is 0.467 e. The summed E-state index contributed by atoms with van der Waals surface area (Å²) >= 11 is 12.3. The predicted octanol–water partition coefficient (Wildman–Crippen LogP) is 3.43. The van der Waals surface area contributed by atoms with Gasteiger partial charge in [0.1, 0.15) is 6.04 Å². The van der Waals surface area contributed by atoms with Crippen LogP contribution in [0.15, 0.2) is 12.1 Å². The molecule has 0 N–H and O–H groups in total. The minimum absolute atomic E-state index is 0.157. The SMILES string of the molecule is COC(=O)C1CCCCN1c1c(Cl)cc([N+](=O)[O-])cc1Cl. The van der Waals surface area contributed by atoms with Crippen LogP contribution in [0.5, 0.6) is 0 Å². The van der Waals surface area contributed by atoms with Crippen molar-refractivity contribution in [2.45, 2.75) is 25.3 Å². The molecule has 1 aromatic carbocycles. The Balaban J connectivity index is 2.43. The number of carbonyl (C=O) groups is 1. The number of piperidine rings is 1. The van der Waals surface area contributed by atoms with Crippen LogP contribution >= 0.6 is 23.2 Å². The molecule has 1 fully saturated rings. The zero-order valence-corrected chi connectivity index (χ0v) is 12.9. The molecule has 1 aliphatic rings. The van der Waals surface area contributed by atoms with Crippen molar-refractivity contribution in [3.8, 4) is 0 Å². The number of hydrogen-bond acceptors (Lipinski definition) is 5. The number of anilines is 1. The highest BCUT2D eigenvalue weighted by Gasteiger charge is 2.32. The molecule has 8 heteroatoms. The standard InChI is InChI=1S/C13H14Cl2N2O4/c1-21-13(18)11-4-2-3-5-16(11)12-9(14)6-8(17(19)20)7-10(12)15/h6-7,11H,2-5H2,1H3. The van der Waals surface area contributed by atoms with Crippen LogP contribution in [0.4, 0.5) is 11.4 Å². The van der Waals surface area contributed by atoms with Crippen LogP contribution in [0.3, 0.4) is 0 Å². The van der Waals surface area contributed by atoms with Crippen molar-refractivity contribution in [3.63, 3.8) is 0 Å². The maximum absolute atomic E-state index is 11.9. The summed E-state index contributed by atoms with van der Waals surface area (Å²) in [5.41, 5.74) is 0.263. The van der Waals surface area contributed by atoms with Crippen LogP contribution in [0.2, 0.25) is 10.0 Å². The highest BCUT2D eigenvalue weighted by Crippen LogP contribution is 2.40. The lowest BCUT2D eigenvalue weighted by Gasteiger charge is -2.36. The second-order valence-corrected chi connectivity index (χ2v) is 5.56. The number of carbonyl (C=O) groups excluding carboxylic acids is 1. The molecule has 6 nitrogen and oxygen atoms in total. The van der Waals surface area contributed by atoms with Gasteiger partial charge in [-0.1, -0.05) is 23.2 Å². The third-order valence-corrected chi connectivity index (χ3v) is 4.05. The highest BCUT2D eigenvalue weighted by atomic mass is 35.5. The molecule has 114 valence electrons. The molecular weight excluding hydrogens is 319 g/mol. The zero-order chi connectivity index (χ0) is 15.6. The number of methoxy groups -OCH3 is 1. The summed E-state index contributed by atoms with van der Waals surface area (Å²) in [7, 11) is 1.33. The summed E-state index contributed by atoms with van der Waals surface area (Å²) < 4.78 is 4.81. The van der Waals surface area contributed by atoms with E-state index in [9.17, 15) is 14.9 Å². The maximum Gasteiger partial charge on any atom is 0.328 e. The second-order valence-electron chi connectivity index (χ2n) is 4.74. The number of ether oxygens (including phenoxy) is 1. The van der Waals surface area contributed by atoms with E-state index < -0.39 is 11.0 Å². The molecule has 0 spiro atoms. The molecule has 0 aromatic heterocycles. The number of non-ortho nitro benzene ring substituents is 1. The fraction of sp³-hybridized carbons (Fsp3) is 0.462. The number of nitrogens with zero attached hydrogens (tertiary/aromatic N) is 2. The number of nitro groups is 1. The van der Waals surface area contributed by atoms with Crippen molar-refractivity contribution >= 4 is 40.5 Å². The quantitative estimate of drug-likeness (QED) is 0.481. The van der Waals surface area contributed by atoms with Gasteiger partial charge >= 0.3 is 5.97 Å². The summed E-state index contributed by atoms with van der Waals surface area (Å²) in [6.45, 7) is 0.594. The molecule has 1 aliphatic heterocycles. The van der Waals surface area contributed by atoms with Crippen LogP contribution in [0.1, 0.15) is 19.3 Å². The lowest BCUT2D eigenvalue weighted by atomic mass is 10.0. The topological polar surface area (TPSA) is 72.7 Å². The Morgan fingerprint density at radius 1 is 1.38 bits per heavy atom. The molecule has 1 atom stereocenters. The molecule has 21 heavy (non-hydrogen) atoms. The highest BCUT2D eigenvalue weighted by molar-refractivity contribution is 6.39. The first-order valence-electron chi connectivity index (χ1n) is 6.43. The van der Waals surface area contributed by atoms with E-state index in [1.165, 1.54) is 19.2 Å². The van der Waals surface area contributed by atoms with Crippen LogP contribution in [0, 0.1) is 10.1 Å². The Labute approximate surface area is 131 Å². The van der Waals surface area contributed by atoms with E-state index in [0.29, 0.717) is 18.7 Å². The molecular formula is C13H14Cl2N2O4. The van der Waals surface area contributed by atoms with Gasteiger partial charge in [-0.2, -0.15) is 0 Å². The molecule has 0 saturated carbocycles. The third-order valence-electron chi connectivity index (χ3n) is 3.48. The van der Waals surface area contributed by atoms with E-state index in [1.54, 1.807) is 4.90 Å². The molecule has 0 amide bonds. The molecule has 1 unspecified atom stereocenters. The second kappa shape index (κ2) is 6.49. The van der Waals surface area contributed by atoms with Crippen molar-refractivity contribution in [1.82, 2.24) is 0 Å². The predicted molar refractivity (Wildman–Crippen MR) is 80.1 cm³/mol. The van der Waals surface area contributed by atoms with Gasteiger partial charge < -0.3 is 9.64 Å². The van der Waals surface area contributed by atoms with E-state index in [4.69, 9.17) is 27.9 Å². The number of rotatable bonds is 3. The average molecular weight is 333 g/mol. The monoisotopic (exact) mass is 332 g/mol. The Hall–Kier alpha value is -1.53. The molecule has 1 saturated heterocycles. The molecule has 0 aliphatic carbocycles. The van der Waals surface area contributed by atoms with Gasteiger partial charge in [-0.25, -0.2) is 4.79 Å². The average Bonchev–Trinajstić information content (AvgIpc) is 2.46. The van der Waals surface area contributed by atoms with Crippen LogP contribution < -0.4 is 4.90 Å². The summed E-state index contributed by atoms with van der Waals surface area (Å²) in [6, 6.07) is 2.01. The number of hydrogen-bond donors (Lipinski definition) is 0. The smallest absolute Gasteiger partial charge is 0.328 e. The van der Waals surface area contributed by atoms with Crippen LogP contribution in [-0.4, -0.2) is 30.6 Å². The van der Waals surface area contributed by atoms with E-state index in [2.05, 4.69) is 0 Å². The first-order valence-corrected chi connectivity index (χ1v) is 7.19. The first kappa shape index (κ1) is 15.9. The van der Waals surface area contributed by atoms with Crippen molar-refractivity contribution < 1.29 is 14.5 Å². The Morgan fingerprint density at radius 2 is 2.00 bits per heavy atom. The van der Waals surface area contributed by atoms with Crippen molar-refractivity contribution in [2.75, 3.05) is 18.6 Å². The van der Waals surface area contributed by atoms with Gasteiger partial charge in [-0.3, -0.25) is 10.1 Å². The molecule has 0 radical (unpaired) electrons. The zero-order valence-electron chi connectivity index (χ0n) is 11.3. The van der Waals surface area contributed by atoms with Crippen LogP contribution in [0.25, 0.3) is 0 Å². The number of nitro benzene ring substituents is 1. The minimum atomic E-state index is -0.560. The first-order chi connectivity index (χ1) is 9.95. The van der Waals surface area contributed by atoms with E-state index in [-0.39, 0.29) is 21.7 Å². The third kappa shape index (κ3) is 3.22. The fourth-order valence-corrected chi connectivity index (χ4v) is 3.20. The van der Waals surface area contributed by atoms with Crippen molar-refractivity contribution in [2.24, 2.45) is 0 Å². The van der Waals surface area contributed by atoms with Crippen molar-refractivity contribution in [3.05, 3.63) is 32.3 Å². The molecule has 0 bridgehead atoms. The Bertz CT molecular complexity index is 556. The summed E-state index contributed by atoms with van der Waals surface area (Å²) in [5, 5.41) is 11.1. The molecule has 2 rings (SSSR count). The lowest BCUT2D eigenvalue weighted by Crippen LogP contribution is -2.45. The minimum Gasteiger partial charge on any atom is -0.467 e. The van der Waals surface area contributed by atoms with Crippen LogP contribution in [-0.2, 0) is 9.53 Å². The molecule has 1 aromatic rings. The number of halogens is 2. The van der Waals surface area contributed by atoms with E-state index in [0.717, 1.165) is 12.8 Å². The van der Waals surface area contributed by atoms with E-state index in [1.807, 2.05) is 0 Å². The van der Waals surface area contributed by atoms with Gasteiger partial charge in [0.15, 0.2) is 0 Å². The molecule has 1 heterocycles. The van der Waals surface area contributed by atoms with Gasteiger partial charge in [0.25, 0.3) is 5.69 Å². The fourth-order valence-electron chi connectivity index (χ4n) is 2.51. The van der Waals surface area contributed by atoms with Gasteiger partial charge in [-0.05, 0) is 19.3 Å². The summed E-state index contributed by atoms with van der Waals surface area (Å²) in [6.07, 6.45) is 2.42. The number of benzene rings is 1.